The van der Waals surface area contributed by atoms with Crippen molar-refractivity contribution in [2.24, 2.45) is 0 Å². The van der Waals surface area contributed by atoms with Crippen LogP contribution >= 0.6 is 0 Å². The number of methoxy groups -OCH3 is 2. The Bertz CT molecular complexity index is 936. The number of morpholine rings is 1. The highest BCUT2D eigenvalue weighted by Gasteiger charge is 2.20. The molecule has 0 aliphatic carbocycles. The first-order valence-corrected chi connectivity index (χ1v) is 8.28. The van der Waals surface area contributed by atoms with Crippen LogP contribution in [0.25, 0.3) is 22.6 Å². The van der Waals surface area contributed by atoms with E-state index in [2.05, 4.69) is 24.8 Å². The molecular formula is C17H20N6O3. The number of anilines is 2. The fourth-order valence-electron chi connectivity index (χ4n) is 3.02. The molecule has 9 heteroatoms. The van der Waals surface area contributed by atoms with Gasteiger partial charge in [0, 0.05) is 18.7 Å². The van der Waals surface area contributed by atoms with Crippen molar-refractivity contribution in [1.82, 2.24) is 19.9 Å². The van der Waals surface area contributed by atoms with Crippen LogP contribution in [0.3, 0.4) is 0 Å². The largest absolute Gasteiger partial charge is 0.493 e. The molecule has 1 aromatic carbocycles. The molecule has 0 unspecified atom stereocenters. The molecule has 0 spiro atoms. The standard InChI is InChI=1S/C17H20N6O3/c1-24-11-4-3-10(9-12(11)25-2)14-19-13-15(20-14)21-17(18)22-16(13)23-5-7-26-8-6-23/h3-4,9H,5-8H2,1-2H3,(H3,18,19,20,21,22). The predicted octanol–water partition coefficient (Wildman–Crippen LogP) is 1.46. The summed E-state index contributed by atoms with van der Waals surface area (Å²) in [5, 5.41) is 0. The van der Waals surface area contributed by atoms with Crippen molar-refractivity contribution in [3.05, 3.63) is 18.2 Å². The van der Waals surface area contributed by atoms with E-state index in [-0.39, 0.29) is 5.95 Å². The lowest BCUT2D eigenvalue weighted by Crippen LogP contribution is -2.37. The zero-order chi connectivity index (χ0) is 18.1. The molecule has 3 heterocycles. The summed E-state index contributed by atoms with van der Waals surface area (Å²) < 4.78 is 16.1. The van der Waals surface area contributed by atoms with Crippen molar-refractivity contribution >= 4 is 22.9 Å². The third-order valence-electron chi connectivity index (χ3n) is 4.32. The highest BCUT2D eigenvalue weighted by molar-refractivity contribution is 5.87. The van der Waals surface area contributed by atoms with Gasteiger partial charge in [-0.1, -0.05) is 0 Å². The highest BCUT2D eigenvalue weighted by atomic mass is 16.5. The van der Waals surface area contributed by atoms with Gasteiger partial charge >= 0.3 is 0 Å². The third-order valence-corrected chi connectivity index (χ3v) is 4.32. The monoisotopic (exact) mass is 356 g/mol. The van der Waals surface area contributed by atoms with Crippen LogP contribution < -0.4 is 20.1 Å². The van der Waals surface area contributed by atoms with E-state index in [1.54, 1.807) is 14.2 Å². The van der Waals surface area contributed by atoms with Gasteiger partial charge in [0.2, 0.25) is 5.95 Å². The third kappa shape index (κ3) is 2.86. The second-order valence-corrected chi connectivity index (χ2v) is 5.86. The predicted molar refractivity (Wildman–Crippen MR) is 97.7 cm³/mol. The Balaban J connectivity index is 1.80. The Kier molecular flexibility index (Phi) is 4.21. The first-order chi connectivity index (χ1) is 12.7. The number of nitrogen functional groups attached to an aromatic ring is 1. The van der Waals surface area contributed by atoms with Gasteiger partial charge in [0.15, 0.2) is 23.0 Å². The zero-order valence-electron chi connectivity index (χ0n) is 14.7. The molecule has 1 aliphatic heterocycles. The number of aromatic nitrogens is 4. The van der Waals surface area contributed by atoms with Crippen LogP contribution in [0, 0.1) is 0 Å². The second-order valence-electron chi connectivity index (χ2n) is 5.86. The number of nitrogens with two attached hydrogens (primary N) is 1. The van der Waals surface area contributed by atoms with Crippen molar-refractivity contribution in [2.45, 2.75) is 0 Å². The van der Waals surface area contributed by atoms with Crippen molar-refractivity contribution in [3.8, 4) is 22.9 Å². The number of hydrogen-bond acceptors (Lipinski definition) is 8. The van der Waals surface area contributed by atoms with Crippen LogP contribution in [0.5, 0.6) is 11.5 Å². The molecule has 136 valence electrons. The second kappa shape index (κ2) is 6.68. The van der Waals surface area contributed by atoms with Crippen LogP contribution in [0.4, 0.5) is 11.8 Å². The van der Waals surface area contributed by atoms with Gasteiger partial charge in [0.05, 0.1) is 27.4 Å². The van der Waals surface area contributed by atoms with Gasteiger partial charge in [-0.15, -0.1) is 0 Å². The lowest BCUT2D eigenvalue weighted by molar-refractivity contribution is 0.122. The fourth-order valence-corrected chi connectivity index (χ4v) is 3.02. The number of fused-ring (bicyclic) bond motifs is 1. The smallest absolute Gasteiger partial charge is 0.224 e. The summed E-state index contributed by atoms with van der Waals surface area (Å²) in [6.45, 7) is 2.80. The van der Waals surface area contributed by atoms with E-state index in [1.807, 2.05) is 18.2 Å². The molecule has 3 N–H and O–H groups in total. The maximum Gasteiger partial charge on any atom is 0.224 e. The number of hydrogen-bond donors (Lipinski definition) is 2. The van der Waals surface area contributed by atoms with E-state index in [0.29, 0.717) is 36.2 Å². The lowest BCUT2D eigenvalue weighted by Gasteiger charge is -2.27. The zero-order valence-corrected chi connectivity index (χ0v) is 14.7. The van der Waals surface area contributed by atoms with E-state index >= 15 is 0 Å². The molecule has 0 saturated carbocycles. The van der Waals surface area contributed by atoms with E-state index in [1.165, 1.54) is 0 Å². The van der Waals surface area contributed by atoms with Crippen LogP contribution in [-0.4, -0.2) is 60.5 Å². The molecule has 1 saturated heterocycles. The average molecular weight is 356 g/mol. The Morgan fingerprint density at radius 2 is 1.85 bits per heavy atom. The quantitative estimate of drug-likeness (QED) is 0.723. The summed E-state index contributed by atoms with van der Waals surface area (Å²) in [5.74, 6) is 2.89. The van der Waals surface area contributed by atoms with Gasteiger partial charge < -0.3 is 29.8 Å². The summed E-state index contributed by atoms with van der Waals surface area (Å²) in [4.78, 5) is 18.7. The van der Waals surface area contributed by atoms with Gasteiger partial charge in [0.25, 0.3) is 0 Å². The van der Waals surface area contributed by atoms with Crippen molar-refractivity contribution in [2.75, 3.05) is 51.2 Å². The summed E-state index contributed by atoms with van der Waals surface area (Å²) in [7, 11) is 3.20. The average Bonchev–Trinajstić information content (AvgIpc) is 3.11. The molecule has 0 amide bonds. The fraction of sp³-hybridized carbons (Fsp3) is 0.353. The summed E-state index contributed by atoms with van der Waals surface area (Å²) in [5.41, 5.74) is 8.03. The van der Waals surface area contributed by atoms with Crippen LogP contribution in [0.2, 0.25) is 0 Å². The van der Waals surface area contributed by atoms with E-state index in [4.69, 9.17) is 19.9 Å². The Labute approximate surface area is 150 Å². The Morgan fingerprint density at radius 3 is 2.58 bits per heavy atom. The number of ether oxygens (including phenoxy) is 3. The number of aromatic amines is 1. The van der Waals surface area contributed by atoms with E-state index < -0.39 is 0 Å². The minimum atomic E-state index is 0.198. The van der Waals surface area contributed by atoms with Crippen LogP contribution in [0.15, 0.2) is 18.2 Å². The normalized spacial score (nSPS) is 14.6. The summed E-state index contributed by atoms with van der Waals surface area (Å²) >= 11 is 0. The van der Waals surface area contributed by atoms with Gasteiger partial charge in [0.1, 0.15) is 11.3 Å². The van der Waals surface area contributed by atoms with Crippen molar-refractivity contribution < 1.29 is 14.2 Å². The number of nitrogens with zero attached hydrogens (tertiary/aromatic N) is 4. The molecule has 3 aromatic rings. The first kappa shape index (κ1) is 16.4. The SMILES string of the molecule is COc1ccc(-c2nc3nc(N)nc(N4CCOCC4)c3[nH]2)cc1OC. The van der Waals surface area contributed by atoms with Crippen LogP contribution in [0.1, 0.15) is 0 Å². The summed E-state index contributed by atoms with van der Waals surface area (Å²) in [6, 6.07) is 5.61. The molecular weight excluding hydrogens is 336 g/mol. The first-order valence-electron chi connectivity index (χ1n) is 8.28. The maximum absolute atomic E-state index is 5.89. The number of rotatable bonds is 4. The number of nitrogens with one attached hydrogen (secondary N) is 1. The Hall–Kier alpha value is -3.07. The topological polar surface area (TPSA) is 111 Å². The minimum Gasteiger partial charge on any atom is -0.493 e. The minimum absolute atomic E-state index is 0.198. The van der Waals surface area contributed by atoms with E-state index in [0.717, 1.165) is 30.0 Å². The summed E-state index contributed by atoms with van der Waals surface area (Å²) in [6.07, 6.45) is 0. The molecule has 0 bridgehead atoms. The molecule has 0 atom stereocenters. The molecule has 2 aromatic heterocycles. The van der Waals surface area contributed by atoms with Gasteiger partial charge in [-0.05, 0) is 18.2 Å². The van der Waals surface area contributed by atoms with Gasteiger partial charge in [-0.2, -0.15) is 9.97 Å². The molecule has 1 aliphatic rings. The number of imidazole rings is 1. The molecule has 0 radical (unpaired) electrons. The molecule has 26 heavy (non-hydrogen) atoms. The van der Waals surface area contributed by atoms with E-state index in [9.17, 15) is 0 Å². The number of benzene rings is 1. The molecule has 1 fully saturated rings. The van der Waals surface area contributed by atoms with Crippen LogP contribution in [-0.2, 0) is 4.74 Å². The lowest BCUT2D eigenvalue weighted by atomic mass is 10.2. The Morgan fingerprint density at radius 1 is 1.08 bits per heavy atom. The van der Waals surface area contributed by atoms with Crippen molar-refractivity contribution in [3.63, 3.8) is 0 Å². The molecule has 4 rings (SSSR count). The van der Waals surface area contributed by atoms with Gasteiger partial charge in [-0.25, -0.2) is 4.98 Å². The molecule has 9 nitrogen and oxygen atoms in total. The maximum atomic E-state index is 5.89. The number of H-pyrrole nitrogens is 1. The van der Waals surface area contributed by atoms with Gasteiger partial charge in [-0.3, -0.25) is 0 Å². The van der Waals surface area contributed by atoms with Crippen molar-refractivity contribution in [1.29, 1.82) is 0 Å². The highest BCUT2D eigenvalue weighted by Crippen LogP contribution is 2.33.